The fourth-order valence-electron chi connectivity index (χ4n) is 1.70. The Bertz CT molecular complexity index is 506. The summed E-state index contributed by atoms with van der Waals surface area (Å²) >= 11 is 0. The maximum Gasteiger partial charge on any atom is 0.261 e. The zero-order valence-corrected chi connectivity index (χ0v) is 9.59. The molecule has 0 saturated carbocycles. The Labute approximate surface area is 99.6 Å². The van der Waals surface area contributed by atoms with Gasteiger partial charge in [0.05, 0.1) is 23.2 Å². The van der Waals surface area contributed by atoms with Crippen molar-refractivity contribution in [2.45, 2.75) is 6.92 Å². The van der Waals surface area contributed by atoms with Crippen molar-refractivity contribution in [1.29, 1.82) is 0 Å². The molecule has 0 aliphatic heterocycles. The zero-order chi connectivity index (χ0) is 12.3. The smallest absolute Gasteiger partial charge is 0.261 e. The van der Waals surface area contributed by atoms with Gasteiger partial charge >= 0.3 is 0 Å². The quantitative estimate of drug-likeness (QED) is 0.824. The standard InChI is InChI=1S/C13H14N2O2/c1-2-15(12-6-4-3-5-11(12)14)13(16)10-7-8-17-9-10/h3-9H,2,14H2,1H3. The molecular formula is C13H14N2O2. The van der Waals surface area contributed by atoms with E-state index in [2.05, 4.69) is 0 Å². The molecule has 4 heteroatoms. The summed E-state index contributed by atoms with van der Waals surface area (Å²) in [5.41, 5.74) is 7.71. The van der Waals surface area contributed by atoms with Gasteiger partial charge in [0.2, 0.25) is 0 Å². The minimum Gasteiger partial charge on any atom is -0.472 e. The van der Waals surface area contributed by atoms with Crippen LogP contribution in [-0.4, -0.2) is 12.5 Å². The minimum atomic E-state index is -0.112. The van der Waals surface area contributed by atoms with Gasteiger partial charge in [-0.15, -0.1) is 0 Å². The van der Waals surface area contributed by atoms with Gasteiger partial charge in [0.1, 0.15) is 6.26 Å². The van der Waals surface area contributed by atoms with Crippen LogP contribution in [0.3, 0.4) is 0 Å². The van der Waals surface area contributed by atoms with Gasteiger partial charge < -0.3 is 15.1 Å². The first-order chi connectivity index (χ1) is 8.24. The highest BCUT2D eigenvalue weighted by Crippen LogP contribution is 2.24. The molecule has 1 heterocycles. The number of hydrogen-bond acceptors (Lipinski definition) is 3. The van der Waals surface area contributed by atoms with Gasteiger partial charge in [-0.3, -0.25) is 4.79 Å². The number of anilines is 2. The third-order valence-corrected chi connectivity index (χ3v) is 2.56. The molecule has 1 aromatic carbocycles. The summed E-state index contributed by atoms with van der Waals surface area (Å²) in [6.45, 7) is 2.46. The summed E-state index contributed by atoms with van der Waals surface area (Å²) in [6, 6.07) is 8.95. The summed E-state index contributed by atoms with van der Waals surface area (Å²) in [4.78, 5) is 13.8. The molecule has 0 unspecified atom stereocenters. The van der Waals surface area contributed by atoms with E-state index < -0.39 is 0 Å². The summed E-state index contributed by atoms with van der Waals surface area (Å²) in [7, 11) is 0. The highest BCUT2D eigenvalue weighted by molar-refractivity contribution is 6.07. The average Bonchev–Trinajstić information content (AvgIpc) is 2.86. The second-order valence-corrected chi connectivity index (χ2v) is 3.62. The number of benzene rings is 1. The number of para-hydroxylation sites is 2. The first-order valence-corrected chi connectivity index (χ1v) is 5.42. The van der Waals surface area contributed by atoms with Crippen LogP contribution < -0.4 is 10.6 Å². The van der Waals surface area contributed by atoms with E-state index in [1.165, 1.54) is 12.5 Å². The molecule has 17 heavy (non-hydrogen) atoms. The van der Waals surface area contributed by atoms with Crippen LogP contribution in [0.25, 0.3) is 0 Å². The zero-order valence-electron chi connectivity index (χ0n) is 9.59. The molecule has 0 fully saturated rings. The van der Waals surface area contributed by atoms with Crippen LogP contribution in [0.15, 0.2) is 47.3 Å². The van der Waals surface area contributed by atoms with Crippen LogP contribution in [0.5, 0.6) is 0 Å². The first kappa shape index (κ1) is 11.3. The molecule has 1 aromatic heterocycles. The van der Waals surface area contributed by atoms with Crippen molar-refractivity contribution in [1.82, 2.24) is 0 Å². The van der Waals surface area contributed by atoms with Crippen molar-refractivity contribution in [3.8, 4) is 0 Å². The third-order valence-electron chi connectivity index (χ3n) is 2.56. The van der Waals surface area contributed by atoms with Gasteiger partial charge in [-0.2, -0.15) is 0 Å². The molecule has 2 N–H and O–H groups in total. The molecule has 0 aliphatic carbocycles. The van der Waals surface area contributed by atoms with Crippen molar-refractivity contribution >= 4 is 17.3 Å². The number of rotatable bonds is 3. The van der Waals surface area contributed by atoms with E-state index in [0.29, 0.717) is 17.8 Å². The highest BCUT2D eigenvalue weighted by atomic mass is 16.3. The van der Waals surface area contributed by atoms with E-state index in [1.807, 2.05) is 25.1 Å². The number of carbonyl (C=O) groups is 1. The number of amides is 1. The number of nitrogens with two attached hydrogens (primary N) is 1. The molecule has 0 aliphatic rings. The summed E-state index contributed by atoms with van der Waals surface area (Å²) in [5, 5.41) is 0. The second-order valence-electron chi connectivity index (χ2n) is 3.62. The first-order valence-electron chi connectivity index (χ1n) is 5.42. The van der Waals surface area contributed by atoms with Crippen molar-refractivity contribution in [2.24, 2.45) is 0 Å². The predicted octanol–water partition coefficient (Wildman–Crippen LogP) is 2.53. The van der Waals surface area contributed by atoms with Gasteiger partial charge in [-0.05, 0) is 25.1 Å². The van der Waals surface area contributed by atoms with Crippen LogP contribution in [-0.2, 0) is 0 Å². The molecular weight excluding hydrogens is 216 g/mol. The van der Waals surface area contributed by atoms with Gasteiger partial charge in [-0.1, -0.05) is 12.1 Å². The molecule has 0 bridgehead atoms. The molecule has 0 saturated heterocycles. The lowest BCUT2D eigenvalue weighted by Crippen LogP contribution is -2.30. The number of hydrogen-bond donors (Lipinski definition) is 1. The van der Waals surface area contributed by atoms with Crippen LogP contribution in [0.1, 0.15) is 17.3 Å². The van der Waals surface area contributed by atoms with E-state index in [4.69, 9.17) is 10.2 Å². The number of carbonyl (C=O) groups excluding carboxylic acids is 1. The molecule has 4 nitrogen and oxygen atoms in total. The van der Waals surface area contributed by atoms with E-state index in [-0.39, 0.29) is 5.91 Å². The largest absolute Gasteiger partial charge is 0.472 e. The van der Waals surface area contributed by atoms with Crippen LogP contribution >= 0.6 is 0 Å². The average molecular weight is 230 g/mol. The molecule has 2 rings (SSSR count). The van der Waals surface area contributed by atoms with Gasteiger partial charge in [0, 0.05) is 6.54 Å². The topological polar surface area (TPSA) is 59.5 Å². The van der Waals surface area contributed by atoms with Crippen molar-refractivity contribution in [2.75, 3.05) is 17.2 Å². The Hall–Kier alpha value is -2.23. The molecule has 0 radical (unpaired) electrons. The van der Waals surface area contributed by atoms with Crippen LogP contribution in [0.4, 0.5) is 11.4 Å². The Balaban J connectivity index is 2.35. The van der Waals surface area contributed by atoms with E-state index >= 15 is 0 Å². The Morgan fingerprint density at radius 2 is 2.12 bits per heavy atom. The van der Waals surface area contributed by atoms with Crippen molar-refractivity contribution in [3.63, 3.8) is 0 Å². The Morgan fingerprint density at radius 3 is 2.71 bits per heavy atom. The predicted molar refractivity (Wildman–Crippen MR) is 66.9 cm³/mol. The fraction of sp³-hybridized carbons (Fsp3) is 0.154. The van der Waals surface area contributed by atoms with E-state index in [0.717, 1.165) is 5.69 Å². The minimum absolute atomic E-state index is 0.112. The Kier molecular flexibility index (Phi) is 3.14. The molecule has 1 amide bonds. The fourth-order valence-corrected chi connectivity index (χ4v) is 1.70. The van der Waals surface area contributed by atoms with Crippen LogP contribution in [0, 0.1) is 0 Å². The normalized spacial score (nSPS) is 10.2. The summed E-state index contributed by atoms with van der Waals surface area (Å²) in [6.07, 6.45) is 2.92. The van der Waals surface area contributed by atoms with Gasteiger partial charge in [0.25, 0.3) is 5.91 Å². The highest BCUT2D eigenvalue weighted by Gasteiger charge is 2.18. The molecule has 0 spiro atoms. The monoisotopic (exact) mass is 230 g/mol. The maximum atomic E-state index is 12.2. The lowest BCUT2D eigenvalue weighted by atomic mass is 10.2. The van der Waals surface area contributed by atoms with Crippen molar-refractivity contribution in [3.05, 3.63) is 48.4 Å². The van der Waals surface area contributed by atoms with Crippen LogP contribution in [0.2, 0.25) is 0 Å². The molecule has 2 aromatic rings. The second kappa shape index (κ2) is 4.74. The van der Waals surface area contributed by atoms with Gasteiger partial charge in [0.15, 0.2) is 0 Å². The Morgan fingerprint density at radius 1 is 1.35 bits per heavy atom. The number of furan rings is 1. The summed E-state index contributed by atoms with van der Waals surface area (Å²) in [5.74, 6) is -0.112. The maximum absolute atomic E-state index is 12.2. The van der Waals surface area contributed by atoms with Gasteiger partial charge in [-0.25, -0.2) is 0 Å². The summed E-state index contributed by atoms with van der Waals surface area (Å²) < 4.78 is 4.92. The van der Waals surface area contributed by atoms with E-state index in [1.54, 1.807) is 17.0 Å². The number of nitrogens with zero attached hydrogens (tertiary/aromatic N) is 1. The number of nitrogen functional groups attached to an aromatic ring is 1. The van der Waals surface area contributed by atoms with E-state index in [9.17, 15) is 4.79 Å². The van der Waals surface area contributed by atoms with Crippen molar-refractivity contribution < 1.29 is 9.21 Å². The SMILES string of the molecule is CCN(C(=O)c1ccoc1)c1ccccc1N. The third kappa shape index (κ3) is 2.15. The lowest BCUT2D eigenvalue weighted by molar-refractivity contribution is 0.0988. The molecule has 88 valence electrons. The molecule has 0 atom stereocenters. The lowest BCUT2D eigenvalue weighted by Gasteiger charge is -2.21.